The Morgan fingerprint density at radius 3 is 2.62 bits per heavy atom. The maximum Gasteiger partial charge on any atom is 0.314 e. The first kappa shape index (κ1) is 13.5. The van der Waals surface area contributed by atoms with Crippen molar-refractivity contribution in [3.63, 3.8) is 0 Å². The molecule has 1 unspecified atom stereocenters. The molecule has 0 amide bonds. The zero-order valence-corrected chi connectivity index (χ0v) is 13.4. The van der Waals surface area contributed by atoms with Gasteiger partial charge in [0.1, 0.15) is 11.9 Å². The lowest BCUT2D eigenvalue weighted by atomic mass is 9.46. The van der Waals surface area contributed by atoms with Crippen molar-refractivity contribution in [1.82, 2.24) is 0 Å². The second-order valence-electron chi connectivity index (χ2n) is 8.35. The Morgan fingerprint density at radius 2 is 1.90 bits per heavy atom. The molecule has 1 heterocycles. The maximum absolute atomic E-state index is 12.9. The second kappa shape index (κ2) is 3.61. The van der Waals surface area contributed by atoms with Crippen LogP contribution in [-0.4, -0.2) is 17.9 Å². The third-order valence-corrected chi connectivity index (χ3v) is 7.29. The van der Waals surface area contributed by atoms with Crippen molar-refractivity contribution < 1.29 is 14.3 Å². The third-order valence-electron chi connectivity index (χ3n) is 7.29. The van der Waals surface area contributed by atoms with Crippen LogP contribution in [0, 0.1) is 28.1 Å². The summed E-state index contributed by atoms with van der Waals surface area (Å²) >= 11 is 0. The molecule has 0 bridgehead atoms. The van der Waals surface area contributed by atoms with E-state index in [-0.39, 0.29) is 35.1 Å². The van der Waals surface area contributed by atoms with Crippen LogP contribution in [0.4, 0.5) is 0 Å². The van der Waals surface area contributed by atoms with Gasteiger partial charge in [0.05, 0.1) is 5.41 Å². The molecule has 4 aliphatic rings. The van der Waals surface area contributed by atoms with Gasteiger partial charge < -0.3 is 4.74 Å². The van der Waals surface area contributed by atoms with Crippen LogP contribution < -0.4 is 0 Å². The Labute approximate surface area is 126 Å². The molecule has 1 saturated heterocycles. The largest absolute Gasteiger partial charge is 0.461 e. The summed E-state index contributed by atoms with van der Waals surface area (Å²) in [5.74, 6) is 0.399. The van der Waals surface area contributed by atoms with Gasteiger partial charge in [-0.05, 0) is 30.6 Å². The van der Waals surface area contributed by atoms with E-state index in [0.29, 0.717) is 12.8 Å². The van der Waals surface area contributed by atoms with Gasteiger partial charge in [-0.3, -0.25) is 9.59 Å². The predicted octanol–water partition coefficient (Wildman–Crippen LogP) is 3.28. The number of hydrogen-bond donors (Lipinski definition) is 0. The van der Waals surface area contributed by atoms with Crippen LogP contribution in [-0.2, 0) is 14.3 Å². The van der Waals surface area contributed by atoms with Crippen molar-refractivity contribution in [2.75, 3.05) is 0 Å². The Morgan fingerprint density at radius 1 is 1.19 bits per heavy atom. The molecule has 0 aromatic heterocycles. The van der Waals surface area contributed by atoms with E-state index in [4.69, 9.17) is 4.74 Å². The van der Waals surface area contributed by atoms with E-state index in [1.807, 2.05) is 6.92 Å². The number of esters is 1. The minimum absolute atomic E-state index is 0.00509. The number of allylic oxidation sites excluding steroid dienone is 1. The summed E-state index contributed by atoms with van der Waals surface area (Å²) in [5, 5.41) is 0. The minimum atomic E-state index is -0.587. The Kier molecular flexibility index (Phi) is 2.33. The molecule has 3 nitrogen and oxygen atoms in total. The smallest absolute Gasteiger partial charge is 0.314 e. The first-order valence-corrected chi connectivity index (χ1v) is 8.22. The van der Waals surface area contributed by atoms with Crippen molar-refractivity contribution in [3.05, 3.63) is 11.6 Å². The highest BCUT2D eigenvalue weighted by atomic mass is 16.6. The second-order valence-corrected chi connectivity index (χ2v) is 8.35. The summed E-state index contributed by atoms with van der Waals surface area (Å²) in [6.07, 6.45) is 5.50. The van der Waals surface area contributed by atoms with E-state index in [1.165, 1.54) is 5.57 Å². The summed E-state index contributed by atoms with van der Waals surface area (Å²) in [4.78, 5) is 25.5. The molecule has 5 atom stereocenters. The van der Waals surface area contributed by atoms with Gasteiger partial charge in [0.2, 0.25) is 0 Å². The van der Waals surface area contributed by atoms with Gasteiger partial charge in [-0.2, -0.15) is 0 Å². The number of Topliss-reactive ketones (excluding diaryl/α,β-unsaturated/α-hetero) is 1. The van der Waals surface area contributed by atoms with E-state index in [2.05, 4.69) is 26.8 Å². The van der Waals surface area contributed by atoms with E-state index >= 15 is 0 Å². The van der Waals surface area contributed by atoms with Crippen molar-refractivity contribution in [3.8, 4) is 0 Å². The monoisotopic (exact) mass is 288 g/mol. The van der Waals surface area contributed by atoms with Crippen molar-refractivity contribution >= 4 is 11.8 Å². The molecule has 2 saturated carbocycles. The highest BCUT2D eigenvalue weighted by molar-refractivity contribution is 5.98. The molecule has 3 heteroatoms. The molecule has 1 spiro atoms. The van der Waals surface area contributed by atoms with E-state index in [9.17, 15) is 9.59 Å². The number of hydrogen-bond acceptors (Lipinski definition) is 3. The third kappa shape index (κ3) is 1.24. The Balaban J connectivity index is 2.00. The molecule has 3 aliphatic carbocycles. The molecule has 0 aromatic rings. The quantitative estimate of drug-likeness (QED) is 0.507. The lowest BCUT2D eigenvalue weighted by molar-refractivity contribution is -0.158. The zero-order valence-electron chi connectivity index (χ0n) is 13.4. The van der Waals surface area contributed by atoms with Gasteiger partial charge in [-0.25, -0.2) is 0 Å². The van der Waals surface area contributed by atoms with Crippen molar-refractivity contribution in [1.29, 1.82) is 0 Å². The molecule has 21 heavy (non-hydrogen) atoms. The summed E-state index contributed by atoms with van der Waals surface area (Å²) in [5.41, 5.74) is 0.337. The van der Waals surface area contributed by atoms with Crippen LogP contribution in [0.25, 0.3) is 0 Å². The van der Waals surface area contributed by atoms with Crippen molar-refractivity contribution in [2.24, 2.45) is 28.1 Å². The maximum atomic E-state index is 12.9. The van der Waals surface area contributed by atoms with Crippen LogP contribution in [0.2, 0.25) is 0 Å². The van der Waals surface area contributed by atoms with Crippen LogP contribution in [0.15, 0.2) is 11.6 Å². The highest BCUT2D eigenvalue weighted by Gasteiger charge is 2.75. The molecular formula is C18H24O3. The highest BCUT2D eigenvalue weighted by Crippen LogP contribution is 2.70. The number of rotatable bonds is 0. The fourth-order valence-corrected chi connectivity index (χ4v) is 5.81. The van der Waals surface area contributed by atoms with E-state index in [0.717, 1.165) is 12.8 Å². The summed E-state index contributed by atoms with van der Waals surface area (Å²) in [6, 6.07) is 0. The minimum Gasteiger partial charge on any atom is -0.461 e. The summed E-state index contributed by atoms with van der Waals surface area (Å²) < 4.78 is 5.81. The fourth-order valence-electron chi connectivity index (χ4n) is 5.81. The first-order valence-electron chi connectivity index (χ1n) is 8.22. The SMILES string of the molecule is C[C@@H]1C=C2C3[C@H](CCC2(C)C)OC(=O)[C@]32CCC(=O)[C@]12C. The number of ether oxygens (including phenoxy) is 1. The van der Waals surface area contributed by atoms with Gasteiger partial charge in [0.15, 0.2) is 0 Å². The summed E-state index contributed by atoms with van der Waals surface area (Å²) in [7, 11) is 0. The van der Waals surface area contributed by atoms with Crippen LogP contribution in [0.3, 0.4) is 0 Å². The molecule has 0 radical (unpaired) electrons. The van der Waals surface area contributed by atoms with Gasteiger partial charge in [0, 0.05) is 17.8 Å². The number of ketones is 1. The zero-order chi connectivity index (χ0) is 15.2. The van der Waals surface area contributed by atoms with Gasteiger partial charge in [-0.1, -0.05) is 39.3 Å². The van der Waals surface area contributed by atoms with Gasteiger partial charge >= 0.3 is 5.97 Å². The van der Waals surface area contributed by atoms with E-state index < -0.39 is 10.8 Å². The van der Waals surface area contributed by atoms with Crippen LogP contribution in [0.5, 0.6) is 0 Å². The topological polar surface area (TPSA) is 43.4 Å². The lowest BCUT2D eigenvalue weighted by Gasteiger charge is -2.53. The lowest BCUT2D eigenvalue weighted by Crippen LogP contribution is -2.56. The van der Waals surface area contributed by atoms with Gasteiger partial charge in [-0.15, -0.1) is 0 Å². The first-order chi connectivity index (χ1) is 9.75. The molecule has 4 rings (SSSR count). The molecular weight excluding hydrogens is 264 g/mol. The van der Waals surface area contributed by atoms with Crippen LogP contribution in [0.1, 0.15) is 53.4 Å². The van der Waals surface area contributed by atoms with Crippen LogP contribution >= 0.6 is 0 Å². The number of carbonyl (C=O) groups is 2. The normalized spacial score (nSPS) is 50.3. The average molecular weight is 288 g/mol. The Bertz CT molecular complexity index is 587. The predicted molar refractivity (Wildman–Crippen MR) is 78.4 cm³/mol. The molecule has 1 aliphatic heterocycles. The molecule has 0 aromatic carbocycles. The standard InChI is InChI=1S/C18H24O3/c1-10-9-11-14-12(5-7-16(11,2)3)21-15(20)18(14)8-6-13(19)17(10,18)4/h9-10,12,14H,5-8H2,1-4H3/t10-,12+,14?,17+,18+/m1/s1. The summed E-state index contributed by atoms with van der Waals surface area (Å²) in [6.45, 7) is 8.68. The van der Waals surface area contributed by atoms with E-state index in [1.54, 1.807) is 0 Å². The molecule has 0 N–H and O–H groups in total. The molecule has 3 fully saturated rings. The van der Waals surface area contributed by atoms with Crippen molar-refractivity contribution in [2.45, 2.75) is 59.5 Å². The Hall–Kier alpha value is -1.12. The number of carbonyl (C=O) groups excluding carboxylic acids is 2. The molecule has 114 valence electrons. The van der Waals surface area contributed by atoms with Gasteiger partial charge in [0.25, 0.3) is 0 Å². The average Bonchev–Trinajstić information content (AvgIpc) is 2.85. The fraction of sp³-hybridized carbons (Fsp3) is 0.778.